The summed E-state index contributed by atoms with van der Waals surface area (Å²) in [5.74, 6) is 0.501. The van der Waals surface area contributed by atoms with Gasteiger partial charge < -0.3 is 10.0 Å². The van der Waals surface area contributed by atoms with E-state index in [9.17, 15) is 9.90 Å². The molecular weight excluding hydrogens is 214 g/mol. The summed E-state index contributed by atoms with van der Waals surface area (Å²) in [6.45, 7) is 3.40. The number of fused-ring (bicyclic) bond motifs is 1. The minimum absolute atomic E-state index is 0.0125. The highest BCUT2D eigenvalue weighted by atomic mass is 35.5. The van der Waals surface area contributed by atoms with Crippen LogP contribution < -0.4 is 0 Å². The number of rotatable bonds is 2. The molecule has 1 heterocycles. The van der Waals surface area contributed by atoms with Crippen molar-refractivity contribution in [1.82, 2.24) is 4.90 Å². The van der Waals surface area contributed by atoms with Gasteiger partial charge in [-0.25, -0.2) is 0 Å². The van der Waals surface area contributed by atoms with Crippen LogP contribution in [-0.4, -0.2) is 41.0 Å². The Kier molecular flexibility index (Phi) is 2.95. The summed E-state index contributed by atoms with van der Waals surface area (Å²) < 4.78 is 0. The minimum Gasteiger partial charge on any atom is -0.396 e. The van der Waals surface area contributed by atoms with Crippen molar-refractivity contribution in [1.29, 1.82) is 0 Å². The molecule has 0 aromatic rings. The van der Waals surface area contributed by atoms with E-state index in [0.717, 1.165) is 19.4 Å². The lowest BCUT2D eigenvalue weighted by atomic mass is 9.82. The number of likely N-dealkylation sites (tertiary alicyclic amines) is 1. The van der Waals surface area contributed by atoms with Gasteiger partial charge in [0.25, 0.3) is 0 Å². The summed E-state index contributed by atoms with van der Waals surface area (Å²) in [6.07, 6.45) is 3.37. The molecule has 3 atom stereocenters. The van der Waals surface area contributed by atoms with Crippen LogP contribution in [-0.2, 0) is 4.79 Å². The lowest BCUT2D eigenvalue weighted by molar-refractivity contribution is -0.130. The highest BCUT2D eigenvalue weighted by Crippen LogP contribution is 2.48. The van der Waals surface area contributed by atoms with Crippen LogP contribution in [0.25, 0.3) is 0 Å². The van der Waals surface area contributed by atoms with E-state index in [1.807, 2.05) is 4.90 Å². The number of hydrogen-bond donors (Lipinski definition) is 1. The first-order valence-electron chi connectivity index (χ1n) is 5.63. The zero-order chi connectivity index (χ0) is 11.1. The molecule has 3 nitrogen and oxygen atoms in total. The van der Waals surface area contributed by atoms with E-state index >= 15 is 0 Å². The number of aliphatic hydroxyl groups excluding tert-OH is 1. The smallest absolute Gasteiger partial charge is 0.240 e. The first-order valence-corrected chi connectivity index (χ1v) is 6.06. The molecule has 0 aromatic carbocycles. The van der Waals surface area contributed by atoms with Gasteiger partial charge >= 0.3 is 0 Å². The second kappa shape index (κ2) is 3.95. The van der Waals surface area contributed by atoms with Gasteiger partial charge in [0, 0.05) is 18.5 Å². The Labute approximate surface area is 95.4 Å². The zero-order valence-corrected chi connectivity index (χ0v) is 9.83. The molecule has 0 radical (unpaired) electrons. The molecule has 1 aliphatic carbocycles. The lowest BCUT2D eigenvalue weighted by Gasteiger charge is -2.26. The molecule has 0 spiro atoms. The number of nitrogens with zero attached hydrogens (tertiary/aromatic N) is 1. The Hall–Kier alpha value is -0.280. The normalized spacial score (nSPS) is 36.7. The second-order valence-corrected chi connectivity index (χ2v) is 5.60. The van der Waals surface area contributed by atoms with E-state index in [1.165, 1.54) is 6.42 Å². The summed E-state index contributed by atoms with van der Waals surface area (Å²) in [5, 5.41) is 9.05. The van der Waals surface area contributed by atoms with Gasteiger partial charge in [-0.3, -0.25) is 4.79 Å². The van der Waals surface area contributed by atoms with Crippen molar-refractivity contribution < 1.29 is 9.90 Å². The number of halogens is 1. The molecule has 2 fully saturated rings. The third-order valence-corrected chi connectivity index (χ3v) is 4.19. The van der Waals surface area contributed by atoms with Crippen LogP contribution in [0.2, 0.25) is 0 Å². The molecule has 86 valence electrons. The fourth-order valence-electron chi connectivity index (χ4n) is 3.09. The Morgan fingerprint density at radius 3 is 3.00 bits per heavy atom. The number of aliphatic hydroxyl groups is 1. The van der Waals surface area contributed by atoms with E-state index in [2.05, 4.69) is 0 Å². The molecule has 1 amide bonds. The minimum atomic E-state index is -0.445. The van der Waals surface area contributed by atoms with Crippen molar-refractivity contribution in [2.45, 2.75) is 31.6 Å². The van der Waals surface area contributed by atoms with Crippen molar-refractivity contribution >= 4 is 17.5 Å². The molecule has 15 heavy (non-hydrogen) atoms. The first kappa shape index (κ1) is 11.2. The quantitative estimate of drug-likeness (QED) is 0.727. The maximum absolute atomic E-state index is 11.7. The van der Waals surface area contributed by atoms with Gasteiger partial charge in [0.1, 0.15) is 5.38 Å². The number of carbonyl (C=O) groups excluding carboxylic acids is 1. The largest absolute Gasteiger partial charge is 0.396 e. The molecule has 1 N–H and O–H groups in total. The Balaban J connectivity index is 2.08. The van der Waals surface area contributed by atoms with Crippen LogP contribution >= 0.6 is 11.6 Å². The Bertz CT molecular complexity index is 269. The zero-order valence-electron chi connectivity index (χ0n) is 9.08. The summed E-state index contributed by atoms with van der Waals surface area (Å²) >= 11 is 5.80. The van der Waals surface area contributed by atoms with E-state index in [0.29, 0.717) is 12.5 Å². The topological polar surface area (TPSA) is 40.5 Å². The van der Waals surface area contributed by atoms with Gasteiger partial charge in [-0.2, -0.15) is 0 Å². The fourth-order valence-corrected chi connectivity index (χ4v) is 3.23. The van der Waals surface area contributed by atoms with E-state index in [4.69, 9.17) is 11.6 Å². The summed E-state index contributed by atoms with van der Waals surface area (Å²) in [4.78, 5) is 13.6. The molecule has 2 rings (SSSR count). The maximum Gasteiger partial charge on any atom is 0.240 e. The van der Waals surface area contributed by atoms with Crippen molar-refractivity contribution in [2.24, 2.45) is 11.3 Å². The lowest BCUT2D eigenvalue weighted by Crippen LogP contribution is -2.37. The Morgan fingerprint density at radius 2 is 2.47 bits per heavy atom. The number of amides is 1. The molecular formula is C11H18ClNO2. The van der Waals surface area contributed by atoms with Crippen molar-refractivity contribution in [3.63, 3.8) is 0 Å². The highest BCUT2D eigenvalue weighted by molar-refractivity contribution is 6.30. The molecule has 0 bridgehead atoms. The summed E-state index contributed by atoms with van der Waals surface area (Å²) in [6, 6.07) is 0. The number of hydrogen-bond acceptors (Lipinski definition) is 2. The van der Waals surface area contributed by atoms with Crippen LogP contribution in [0, 0.1) is 11.3 Å². The van der Waals surface area contributed by atoms with Gasteiger partial charge in [-0.05, 0) is 25.7 Å². The molecule has 2 aliphatic rings. The van der Waals surface area contributed by atoms with Crippen LogP contribution in [0.1, 0.15) is 26.2 Å². The van der Waals surface area contributed by atoms with E-state index in [-0.39, 0.29) is 17.9 Å². The monoisotopic (exact) mass is 231 g/mol. The van der Waals surface area contributed by atoms with Crippen LogP contribution in [0.3, 0.4) is 0 Å². The highest BCUT2D eigenvalue weighted by Gasteiger charge is 2.50. The van der Waals surface area contributed by atoms with Crippen molar-refractivity contribution in [2.75, 3.05) is 19.7 Å². The van der Waals surface area contributed by atoms with Gasteiger partial charge in [-0.15, -0.1) is 11.6 Å². The standard InChI is InChI=1S/C11H18ClNO2/c1-8(12)10(15)13-5-9-3-2-4-11(9,6-13)7-14/h8-9,14H,2-7H2,1H3/t8-,9+,11+/m0/s1. The van der Waals surface area contributed by atoms with Gasteiger partial charge in [0.2, 0.25) is 5.91 Å². The maximum atomic E-state index is 11.7. The van der Waals surface area contributed by atoms with Gasteiger partial charge in [0.05, 0.1) is 6.61 Å². The average Bonchev–Trinajstić information content (AvgIpc) is 2.72. The molecule has 1 aliphatic heterocycles. The molecule has 1 saturated heterocycles. The van der Waals surface area contributed by atoms with Crippen LogP contribution in [0.4, 0.5) is 0 Å². The average molecular weight is 232 g/mol. The third kappa shape index (κ3) is 1.76. The summed E-state index contributed by atoms with van der Waals surface area (Å²) in [5.41, 5.74) is -0.0125. The molecule has 4 heteroatoms. The number of carbonyl (C=O) groups is 1. The fraction of sp³-hybridized carbons (Fsp3) is 0.909. The predicted octanol–water partition coefficient (Wildman–Crippen LogP) is 1.23. The SMILES string of the molecule is C[C@H](Cl)C(=O)N1C[C@H]2CCC[C@]2(CO)C1. The first-order chi connectivity index (χ1) is 7.09. The number of alkyl halides is 1. The molecule has 0 aromatic heterocycles. The van der Waals surface area contributed by atoms with Gasteiger partial charge in [0.15, 0.2) is 0 Å². The van der Waals surface area contributed by atoms with Crippen molar-refractivity contribution in [3.8, 4) is 0 Å². The molecule has 0 unspecified atom stereocenters. The van der Waals surface area contributed by atoms with E-state index in [1.54, 1.807) is 6.92 Å². The predicted molar refractivity (Wildman–Crippen MR) is 58.8 cm³/mol. The van der Waals surface area contributed by atoms with Crippen LogP contribution in [0.15, 0.2) is 0 Å². The molecule has 1 saturated carbocycles. The van der Waals surface area contributed by atoms with E-state index < -0.39 is 5.38 Å². The van der Waals surface area contributed by atoms with Gasteiger partial charge in [-0.1, -0.05) is 6.42 Å². The van der Waals surface area contributed by atoms with Crippen molar-refractivity contribution in [3.05, 3.63) is 0 Å². The summed E-state index contributed by atoms with van der Waals surface area (Å²) in [7, 11) is 0. The third-order valence-electron chi connectivity index (χ3n) is 4.01. The van der Waals surface area contributed by atoms with Crippen LogP contribution in [0.5, 0.6) is 0 Å². The Morgan fingerprint density at radius 1 is 1.73 bits per heavy atom. The second-order valence-electron chi connectivity index (χ2n) is 4.94.